The van der Waals surface area contributed by atoms with Gasteiger partial charge in [0.05, 0.1) is 17.6 Å². The predicted molar refractivity (Wildman–Crippen MR) is 128 cm³/mol. The van der Waals surface area contributed by atoms with Crippen LogP contribution in [0.2, 0.25) is 5.02 Å². The molecule has 0 saturated heterocycles. The zero-order chi connectivity index (χ0) is 21.8. The molecule has 158 valence electrons. The third kappa shape index (κ3) is 5.90. The monoisotopic (exact) mass is 518 g/mol. The maximum atomic E-state index is 13.1. The molecule has 0 aliphatic rings. The first kappa shape index (κ1) is 21.5. The normalized spacial score (nSPS) is 10.8. The van der Waals surface area contributed by atoms with Gasteiger partial charge in [0.2, 0.25) is 0 Å². The molecule has 2 heterocycles. The molecule has 31 heavy (non-hydrogen) atoms. The zero-order valence-corrected chi connectivity index (χ0v) is 19.3. The van der Waals surface area contributed by atoms with Crippen molar-refractivity contribution in [1.82, 2.24) is 19.6 Å². The molecular weight excluding hydrogens is 503 g/mol. The number of benzene rings is 2. The highest BCUT2D eigenvalue weighted by molar-refractivity contribution is 9.10. The molecule has 0 unspecified atom stereocenters. The Morgan fingerprint density at radius 1 is 0.935 bits per heavy atom. The lowest BCUT2D eigenvalue weighted by Gasteiger charge is -2.07. The van der Waals surface area contributed by atoms with Gasteiger partial charge in [-0.2, -0.15) is 10.2 Å². The van der Waals surface area contributed by atoms with Gasteiger partial charge in [-0.3, -0.25) is 9.36 Å². The van der Waals surface area contributed by atoms with E-state index in [1.54, 1.807) is 16.8 Å². The van der Waals surface area contributed by atoms with Crippen LogP contribution in [-0.4, -0.2) is 24.7 Å². The van der Waals surface area contributed by atoms with Crippen LogP contribution in [0.5, 0.6) is 0 Å². The fourth-order valence-corrected chi connectivity index (χ4v) is 3.63. The van der Waals surface area contributed by atoms with Crippen molar-refractivity contribution < 1.29 is 4.39 Å². The van der Waals surface area contributed by atoms with Crippen LogP contribution in [0.3, 0.4) is 0 Å². The third-order valence-electron chi connectivity index (χ3n) is 4.35. The highest BCUT2D eigenvalue weighted by Gasteiger charge is 2.10. The van der Waals surface area contributed by atoms with E-state index in [1.165, 1.54) is 12.1 Å². The highest BCUT2D eigenvalue weighted by Crippen LogP contribution is 2.21. The van der Waals surface area contributed by atoms with Gasteiger partial charge in [0.15, 0.2) is 16.7 Å². The zero-order valence-electron chi connectivity index (χ0n) is 16.1. The van der Waals surface area contributed by atoms with Gasteiger partial charge < -0.3 is 10.6 Å². The largest absolute Gasteiger partial charge is 0.316 e. The number of nitrogens with zero attached hydrogens (tertiary/aromatic N) is 4. The Morgan fingerprint density at radius 2 is 1.58 bits per heavy atom. The number of halogens is 3. The second kappa shape index (κ2) is 9.59. The minimum atomic E-state index is -0.264. The van der Waals surface area contributed by atoms with Crippen LogP contribution in [0.4, 0.5) is 16.0 Å². The molecule has 4 aromatic rings. The minimum Gasteiger partial charge on any atom is -0.316 e. The van der Waals surface area contributed by atoms with E-state index in [-0.39, 0.29) is 5.82 Å². The van der Waals surface area contributed by atoms with Crippen LogP contribution in [0.1, 0.15) is 11.1 Å². The van der Waals surface area contributed by atoms with Gasteiger partial charge in [-0.1, -0.05) is 35.9 Å². The average molecular weight is 520 g/mol. The van der Waals surface area contributed by atoms with E-state index in [2.05, 4.69) is 36.8 Å². The Kier molecular flexibility index (Phi) is 6.64. The number of hydrogen-bond acceptors (Lipinski definition) is 3. The van der Waals surface area contributed by atoms with E-state index < -0.39 is 0 Å². The molecule has 2 aromatic heterocycles. The van der Waals surface area contributed by atoms with Crippen LogP contribution in [0.25, 0.3) is 0 Å². The van der Waals surface area contributed by atoms with Gasteiger partial charge >= 0.3 is 0 Å². The van der Waals surface area contributed by atoms with Crippen LogP contribution in [0.15, 0.2) is 71.5 Å². The minimum absolute atomic E-state index is 0.264. The summed E-state index contributed by atoms with van der Waals surface area (Å²) in [5.41, 5.74) is 2.03. The summed E-state index contributed by atoms with van der Waals surface area (Å²) in [6, 6.07) is 15.8. The predicted octanol–water partition coefficient (Wildman–Crippen LogP) is 5.54. The summed E-state index contributed by atoms with van der Waals surface area (Å²) in [6.07, 6.45) is 3.70. The van der Waals surface area contributed by atoms with Crippen LogP contribution < -0.4 is 10.6 Å². The van der Waals surface area contributed by atoms with Crippen molar-refractivity contribution in [3.8, 4) is 0 Å². The number of anilines is 2. The Balaban J connectivity index is 1.34. The Hall–Kier alpha value is -2.75. The second-order valence-electron chi connectivity index (χ2n) is 6.75. The van der Waals surface area contributed by atoms with Gasteiger partial charge in [0, 0.05) is 23.5 Å². The number of thiocarbonyl (C=S) groups is 1. The SMILES string of the molecule is Fc1ccc(Cn2cc(Br)c(NC(=S)Nc3ccn(Cc4ccc(Cl)cc4)n3)n2)cc1. The van der Waals surface area contributed by atoms with E-state index in [4.69, 9.17) is 23.8 Å². The van der Waals surface area contributed by atoms with Crippen molar-refractivity contribution in [1.29, 1.82) is 0 Å². The maximum Gasteiger partial charge on any atom is 0.177 e. The van der Waals surface area contributed by atoms with Crippen LogP contribution >= 0.6 is 39.7 Å². The molecule has 0 aliphatic heterocycles. The first-order chi connectivity index (χ1) is 14.9. The molecule has 2 aromatic carbocycles. The van der Waals surface area contributed by atoms with E-state index in [1.807, 2.05) is 47.4 Å². The summed E-state index contributed by atoms with van der Waals surface area (Å²) in [5, 5.41) is 16.1. The molecule has 0 atom stereocenters. The van der Waals surface area contributed by atoms with E-state index in [9.17, 15) is 4.39 Å². The molecule has 2 N–H and O–H groups in total. The van der Waals surface area contributed by atoms with Gasteiger partial charge in [0.1, 0.15) is 5.82 Å². The van der Waals surface area contributed by atoms with E-state index in [0.717, 1.165) is 15.6 Å². The fraction of sp³-hybridized carbons (Fsp3) is 0.0952. The number of hydrogen-bond donors (Lipinski definition) is 2. The van der Waals surface area contributed by atoms with Gasteiger partial charge in [-0.25, -0.2) is 4.39 Å². The number of aromatic nitrogens is 4. The first-order valence-corrected chi connectivity index (χ1v) is 10.9. The standard InChI is InChI=1S/C21H17BrClFN6S/c22-18-13-30(12-15-3-7-17(24)8-4-15)28-20(18)26-21(31)25-19-9-10-29(27-19)11-14-1-5-16(23)6-2-14/h1-10,13H,11-12H2,(H2,25,26,27,28,31). The molecular formula is C21H17BrClFN6S. The molecule has 0 bridgehead atoms. The Labute approximate surface area is 197 Å². The van der Waals surface area contributed by atoms with Crippen molar-refractivity contribution in [2.45, 2.75) is 13.1 Å². The Morgan fingerprint density at radius 3 is 2.29 bits per heavy atom. The van der Waals surface area contributed by atoms with E-state index in [0.29, 0.717) is 34.9 Å². The van der Waals surface area contributed by atoms with Crippen LogP contribution in [-0.2, 0) is 13.1 Å². The molecule has 4 rings (SSSR count). The molecule has 0 radical (unpaired) electrons. The molecule has 0 fully saturated rings. The summed E-state index contributed by atoms with van der Waals surface area (Å²) in [5.74, 6) is 0.924. The second-order valence-corrected chi connectivity index (χ2v) is 8.45. The fourth-order valence-electron chi connectivity index (χ4n) is 2.89. The summed E-state index contributed by atoms with van der Waals surface area (Å²) < 4.78 is 17.4. The van der Waals surface area contributed by atoms with Crippen LogP contribution in [0, 0.1) is 5.82 Å². The smallest absolute Gasteiger partial charge is 0.177 e. The lowest BCUT2D eigenvalue weighted by molar-refractivity contribution is 0.624. The first-order valence-electron chi connectivity index (χ1n) is 9.28. The topological polar surface area (TPSA) is 59.7 Å². The van der Waals surface area contributed by atoms with Crippen molar-refractivity contribution in [2.24, 2.45) is 0 Å². The lowest BCUT2D eigenvalue weighted by Crippen LogP contribution is -2.20. The van der Waals surface area contributed by atoms with Crippen molar-refractivity contribution in [3.63, 3.8) is 0 Å². The molecule has 0 spiro atoms. The maximum absolute atomic E-state index is 13.1. The summed E-state index contributed by atoms with van der Waals surface area (Å²) in [7, 11) is 0. The summed E-state index contributed by atoms with van der Waals surface area (Å²) >= 11 is 14.8. The number of rotatable bonds is 6. The van der Waals surface area contributed by atoms with Crippen molar-refractivity contribution in [2.75, 3.05) is 10.6 Å². The van der Waals surface area contributed by atoms with Gasteiger partial charge in [-0.15, -0.1) is 0 Å². The molecule has 6 nitrogen and oxygen atoms in total. The molecule has 0 aliphatic carbocycles. The highest BCUT2D eigenvalue weighted by atomic mass is 79.9. The average Bonchev–Trinajstić information content (AvgIpc) is 3.31. The summed E-state index contributed by atoms with van der Waals surface area (Å²) in [6.45, 7) is 1.13. The molecule has 0 amide bonds. The van der Waals surface area contributed by atoms with Crippen molar-refractivity contribution >= 4 is 56.5 Å². The Bertz CT molecular complexity index is 1190. The quantitative estimate of drug-likeness (QED) is 0.328. The van der Waals surface area contributed by atoms with Gasteiger partial charge in [0.25, 0.3) is 0 Å². The molecule has 0 saturated carbocycles. The summed E-state index contributed by atoms with van der Waals surface area (Å²) in [4.78, 5) is 0. The van der Waals surface area contributed by atoms with Crippen molar-refractivity contribution in [3.05, 3.63) is 93.4 Å². The molecule has 10 heteroatoms. The van der Waals surface area contributed by atoms with E-state index >= 15 is 0 Å². The number of nitrogens with one attached hydrogen (secondary N) is 2. The lowest BCUT2D eigenvalue weighted by atomic mass is 10.2. The third-order valence-corrected chi connectivity index (χ3v) is 5.38. The van der Waals surface area contributed by atoms with Gasteiger partial charge in [-0.05, 0) is 63.5 Å².